The van der Waals surface area contributed by atoms with Crippen LogP contribution < -0.4 is 16.0 Å². The highest BCUT2D eigenvalue weighted by atomic mass is 32.2. The monoisotopic (exact) mass is 354 g/mol. The molecule has 132 valence electrons. The van der Waals surface area contributed by atoms with Crippen LogP contribution in [-0.4, -0.2) is 63.8 Å². The van der Waals surface area contributed by atoms with Gasteiger partial charge in [-0.25, -0.2) is 8.42 Å². The lowest BCUT2D eigenvalue weighted by Crippen LogP contribution is -2.49. The summed E-state index contributed by atoms with van der Waals surface area (Å²) < 4.78 is 26.4. The number of likely N-dealkylation sites (N-methyl/N-ethyl adjacent to an activating group) is 1. The van der Waals surface area contributed by atoms with E-state index < -0.39 is 10.0 Å². The number of benzene rings is 1. The summed E-state index contributed by atoms with van der Waals surface area (Å²) >= 11 is 0. The molecule has 24 heavy (non-hydrogen) atoms. The smallest absolute Gasteiger partial charge is 0.251 e. The molecule has 1 fully saturated rings. The van der Waals surface area contributed by atoms with Gasteiger partial charge in [0.05, 0.1) is 11.4 Å². The van der Waals surface area contributed by atoms with Crippen LogP contribution in [0.1, 0.15) is 17.3 Å². The number of amides is 2. The van der Waals surface area contributed by atoms with E-state index in [4.69, 9.17) is 0 Å². The minimum atomic E-state index is -3.81. The van der Waals surface area contributed by atoms with Crippen LogP contribution in [0.2, 0.25) is 0 Å². The summed E-state index contributed by atoms with van der Waals surface area (Å²) in [6, 6.07) is 5.94. The predicted octanol–water partition coefficient (Wildman–Crippen LogP) is -0.855. The molecule has 1 aromatic rings. The fraction of sp³-hybridized carbons (Fsp3) is 0.467. The number of sulfonamides is 1. The van der Waals surface area contributed by atoms with Gasteiger partial charge in [0.25, 0.3) is 5.91 Å². The quantitative estimate of drug-likeness (QED) is 0.616. The van der Waals surface area contributed by atoms with Gasteiger partial charge in [0, 0.05) is 31.2 Å². The Balaban J connectivity index is 2.17. The average molecular weight is 354 g/mol. The van der Waals surface area contributed by atoms with Gasteiger partial charge in [-0.2, -0.15) is 4.31 Å². The van der Waals surface area contributed by atoms with Crippen molar-refractivity contribution in [2.24, 2.45) is 0 Å². The van der Waals surface area contributed by atoms with E-state index in [9.17, 15) is 18.0 Å². The van der Waals surface area contributed by atoms with E-state index in [-0.39, 0.29) is 47.9 Å². The van der Waals surface area contributed by atoms with E-state index in [0.29, 0.717) is 6.54 Å². The Morgan fingerprint density at radius 3 is 2.83 bits per heavy atom. The molecule has 1 heterocycles. The largest absolute Gasteiger partial charge is 0.354 e. The second kappa shape index (κ2) is 7.73. The minimum absolute atomic E-state index is 0.00603. The Bertz CT molecular complexity index is 720. The third-order valence-electron chi connectivity index (χ3n) is 3.80. The van der Waals surface area contributed by atoms with E-state index in [1.54, 1.807) is 13.1 Å². The topological polar surface area (TPSA) is 108 Å². The van der Waals surface area contributed by atoms with Gasteiger partial charge in [-0.3, -0.25) is 9.59 Å². The first-order chi connectivity index (χ1) is 11.3. The zero-order valence-corrected chi connectivity index (χ0v) is 14.5. The molecule has 1 aliphatic heterocycles. The first kappa shape index (κ1) is 18.4. The van der Waals surface area contributed by atoms with Crippen LogP contribution in [0, 0.1) is 0 Å². The van der Waals surface area contributed by atoms with Gasteiger partial charge in [-0.15, -0.1) is 0 Å². The maximum Gasteiger partial charge on any atom is 0.251 e. The Labute approximate surface area is 141 Å². The molecule has 8 nitrogen and oxygen atoms in total. The normalized spacial score (nSPS) is 17.2. The minimum Gasteiger partial charge on any atom is -0.354 e. The Hall–Kier alpha value is -1.97. The molecule has 1 saturated heterocycles. The summed E-state index contributed by atoms with van der Waals surface area (Å²) in [5.41, 5.74) is 0.265. The van der Waals surface area contributed by atoms with Crippen molar-refractivity contribution in [3.05, 3.63) is 29.8 Å². The molecular formula is C15H22N4O4S. The molecule has 2 rings (SSSR count). The number of hydrogen-bond donors (Lipinski definition) is 3. The second-order valence-corrected chi connectivity index (χ2v) is 7.55. The van der Waals surface area contributed by atoms with Crippen LogP contribution in [0.5, 0.6) is 0 Å². The van der Waals surface area contributed by atoms with Crippen molar-refractivity contribution in [3.63, 3.8) is 0 Å². The summed E-state index contributed by atoms with van der Waals surface area (Å²) in [5.74, 6) is -0.676. The molecule has 1 aromatic carbocycles. The number of nitrogens with one attached hydrogen (secondary N) is 3. The molecule has 2 amide bonds. The van der Waals surface area contributed by atoms with Crippen molar-refractivity contribution in [1.29, 1.82) is 0 Å². The standard InChI is InChI=1S/C15H22N4O4S/c1-11(16-2)9-18-15(21)12-4-3-5-13(8-12)24(22,23)19-7-6-17-14(20)10-19/h3-5,8,11,16H,6-7,9-10H2,1-2H3,(H,17,20)(H,18,21). The number of carbonyl (C=O) groups excluding carboxylic acids is 2. The lowest BCUT2D eigenvalue weighted by Gasteiger charge is -2.26. The number of piperazine rings is 1. The van der Waals surface area contributed by atoms with Crippen molar-refractivity contribution in [2.45, 2.75) is 17.9 Å². The molecule has 1 atom stereocenters. The zero-order valence-electron chi connectivity index (χ0n) is 13.7. The molecular weight excluding hydrogens is 332 g/mol. The summed E-state index contributed by atoms with van der Waals surface area (Å²) in [7, 11) is -2.02. The van der Waals surface area contributed by atoms with Crippen molar-refractivity contribution in [2.75, 3.05) is 33.2 Å². The predicted molar refractivity (Wildman–Crippen MR) is 89.1 cm³/mol. The van der Waals surface area contributed by atoms with E-state index in [2.05, 4.69) is 16.0 Å². The third-order valence-corrected chi connectivity index (χ3v) is 5.64. The molecule has 3 N–H and O–H groups in total. The second-order valence-electron chi connectivity index (χ2n) is 5.62. The fourth-order valence-electron chi connectivity index (χ4n) is 2.22. The lowest BCUT2D eigenvalue weighted by molar-refractivity contribution is -0.122. The number of hydrogen-bond acceptors (Lipinski definition) is 5. The number of rotatable bonds is 6. The Morgan fingerprint density at radius 2 is 2.17 bits per heavy atom. The Morgan fingerprint density at radius 1 is 1.42 bits per heavy atom. The summed E-state index contributed by atoms with van der Waals surface area (Å²) in [4.78, 5) is 23.6. The fourth-order valence-corrected chi connectivity index (χ4v) is 3.66. The zero-order chi connectivity index (χ0) is 17.7. The van der Waals surface area contributed by atoms with Crippen LogP contribution in [0.3, 0.4) is 0 Å². The van der Waals surface area contributed by atoms with Crippen molar-refractivity contribution in [3.8, 4) is 0 Å². The first-order valence-electron chi connectivity index (χ1n) is 7.67. The average Bonchev–Trinajstić information content (AvgIpc) is 2.59. The van der Waals surface area contributed by atoms with Gasteiger partial charge >= 0.3 is 0 Å². The number of carbonyl (C=O) groups is 2. The molecule has 0 radical (unpaired) electrons. The summed E-state index contributed by atoms with van der Waals surface area (Å²) in [6.07, 6.45) is 0. The van der Waals surface area contributed by atoms with Gasteiger partial charge in [0.2, 0.25) is 15.9 Å². The molecule has 9 heteroatoms. The van der Waals surface area contributed by atoms with Crippen LogP contribution in [0.15, 0.2) is 29.2 Å². The Kier molecular flexibility index (Phi) is 5.92. The van der Waals surface area contributed by atoms with E-state index >= 15 is 0 Å². The molecule has 0 aliphatic carbocycles. The maximum absolute atomic E-state index is 12.6. The molecule has 0 spiro atoms. The summed E-state index contributed by atoms with van der Waals surface area (Å²) in [5, 5.41) is 8.32. The maximum atomic E-state index is 12.6. The third kappa shape index (κ3) is 4.31. The van der Waals surface area contributed by atoms with E-state index in [1.165, 1.54) is 18.2 Å². The van der Waals surface area contributed by atoms with Crippen LogP contribution >= 0.6 is 0 Å². The van der Waals surface area contributed by atoms with E-state index in [0.717, 1.165) is 4.31 Å². The highest BCUT2D eigenvalue weighted by Gasteiger charge is 2.29. The van der Waals surface area contributed by atoms with E-state index in [1.807, 2.05) is 6.92 Å². The number of nitrogens with zero attached hydrogens (tertiary/aromatic N) is 1. The highest BCUT2D eigenvalue weighted by Crippen LogP contribution is 2.17. The molecule has 1 unspecified atom stereocenters. The summed E-state index contributed by atoms with van der Waals surface area (Å²) in [6.45, 7) is 2.63. The SMILES string of the molecule is CNC(C)CNC(=O)c1cccc(S(=O)(=O)N2CCNC(=O)C2)c1. The molecule has 0 bridgehead atoms. The van der Waals surface area contributed by atoms with Crippen molar-refractivity contribution in [1.82, 2.24) is 20.3 Å². The van der Waals surface area contributed by atoms with Crippen molar-refractivity contribution < 1.29 is 18.0 Å². The van der Waals surface area contributed by atoms with Crippen LogP contribution in [-0.2, 0) is 14.8 Å². The lowest BCUT2D eigenvalue weighted by atomic mass is 10.2. The van der Waals surface area contributed by atoms with Crippen LogP contribution in [0.25, 0.3) is 0 Å². The van der Waals surface area contributed by atoms with Gasteiger partial charge in [0.1, 0.15) is 0 Å². The molecule has 1 aliphatic rings. The molecule has 0 aromatic heterocycles. The van der Waals surface area contributed by atoms with Crippen LogP contribution in [0.4, 0.5) is 0 Å². The first-order valence-corrected chi connectivity index (χ1v) is 9.11. The highest BCUT2D eigenvalue weighted by molar-refractivity contribution is 7.89. The van der Waals surface area contributed by atoms with Gasteiger partial charge in [-0.1, -0.05) is 6.07 Å². The van der Waals surface area contributed by atoms with Gasteiger partial charge in [-0.05, 0) is 32.2 Å². The van der Waals surface area contributed by atoms with Crippen molar-refractivity contribution >= 4 is 21.8 Å². The van der Waals surface area contributed by atoms with Gasteiger partial charge < -0.3 is 16.0 Å². The van der Waals surface area contributed by atoms with Gasteiger partial charge in [0.15, 0.2) is 0 Å². The molecule has 0 saturated carbocycles.